The zero-order valence-corrected chi connectivity index (χ0v) is 13.9. The van der Waals surface area contributed by atoms with Gasteiger partial charge in [-0.15, -0.1) is 5.10 Å². The zero-order valence-electron chi connectivity index (χ0n) is 13.9. The number of fused-ring (bicyclic) bond motifs is 1. The third kappa shape index (κ3) is 3.76. The number of aromatic nitrogens is 4. The number of nitrogens with zero attached hydrogens (tertiary/aromatic N) is 4. The van der Waals surface area contributed by atoms with Crippen LogP contribution in [0.1, 0.15) is 32.0 Å². The summed E-state index contributed by atoms with van der Waals surface area (Å²) >= 11 is 0. The fourth-order valence-electron chi connectivity index (χ4n) is 2.78. The highest BCUT2D eigenvalue weighted by molar-refractivity contribution is 5.77. The second kappa shape index (κ2) is 7.21. The molecule has 2 aromatic heterocycles. The fourth-order valence-corrected chi connectivity index (χ4v) is 2.78. The Kier molecular flexibility index (Phi) is 4.84. The van der Waals surface area contributed by atoms with Crippen LogP contribution in [0.3, 0.4) is 0 Å². The van der Waals surface area contributed by atoms with Gasteiger partial charge in [0, 0.05) is 30.8 Å². The van der Waals surface area contributed by atoms with Crippen molar-refractivity contribution in [2.45, 2.75) is 38.8 Å². The third-order valence-corrected chi connectivity index (χ3v) is 3.92. The molecule has 0 aliphatic carbocycles. The Morgan fingerprint density at radius 2 is 1.96 bits per heavy atom. The van der Waals surface area contributed by atoms with E-state index in [4.69, 9.17) is 0 Å². The standard InChI is InChI=1S/C18H21N5O/c1-13(11-15-7-5-6-10-19-15)20-18(24)12-14(2)23-17-9-4-3-8-16(17)21-22-23/h3-10,13-14H,11-12H2,1-2H3,(H,20,24). The van der Waals surface area contributed by atoms with Gasteiger partial charge in [0.25, 0.3) is 0 Å². The number of hydrogen-bond donors (Lipinski definition) is 1. The van der Waals surface area contributed by atoms with E-state index in [1.165, 1.54) is 0 Å². The van der Waals surface area contributed by atoms with Gasteiger partial charge >= 0.3 is 0 Å². The summed E-state index contributed by atoms with van der Waals surface area (Å²) in [6, 6.07) is 13.5. The molecule has 2 unspecified atom stereocenters. The molecule has 2 heterocycles. The van der Waals surface area contributed by atoms with Crippen LogP contribution in [0.2, 0.25) is 0 Å². The Labute approximate surface area is 140 Å². The van der Waals surface area contributed by atoms with Crippen molar-refractivity contribution < 1.29 is 4.79 Å². The molecule has 0 bridgehead atoms. The van der Waals surface area contributed by atoms with Crippen LogP contribution in [0, 0.1) is 0 Å². The predicted molar refractivity (Wildman–Crippen MR) is 92.4 cm³/mol. The minimum absolute atomic E-state index is 0.00510. The second-order valence-corrected chi connectivity index (χ2v) is 6.07. The highest BCUT2D eigenvalue weighted by Crippen LogP contribution is 2.17. The molecule has 3 aromatic rings. The molecule has 0 fully saturated rings. The number of benzene rings is 1. The minimum atomic E-state index is -0.0561. The number of hydrogen-bond acceptors (Lipinski definition) is 4. The number of nitrogens with one attached hydrogen (secondary N) is 1. The Morgan fingerprint density at radius 1 is 1.17 bits per heavy atom. The summed E-state index contributed by atoms with van der Waals surface area (Å²) in [4.78, 5) is 16.6. The van der Waals surface area contributed by atoms with E-state index in [9.17, 15) is 4.79 Å². The van der Waals surface area contributed by atoms with Crippen molar-refractivity contribution in [1.29, 1.82) is 0 Å². The fraction of sp³-hybridized carbons (Fsp3) is 0.333. The lowest BCUT2D eigenvalue weighted by molar-refractivity contribution is -0.122. The summed E-state index contributed by atoms with van der Waals surface area (Å²) in [6.45, 7) is 3.96. The molecule has 0 aliphatic rings. The molecule has 6 heteroatoms. The van der Waals surface area contributed by atoms with Crippen LogP contribution in [-0.4, -0.2) is 31.9 Å². The predicted octanol–water partition coefficient (Wildman–Crippen LogP) is 2.52. The highest BCUT2D eigenvalue weighted by atomic mass is 16.1. The molecular formula is C18H21N5O. The maximum Gasteiger partial charge on any atom is 0.222 e. The third-order valence-electron chi connectivity index (χ3n) is 3.92. The summed E-state index contributed by atoms with van der Waals surface area (Å²) in [7, 11) is 0. The number of pyridine rings is 1. The second-order valence-electron chi connectivity index (χ2n) is 6.07. The van der Waals surface area contributed by atoms with Crippen molar-refractivity contribution in [2.75, 3.05) is 0 Å². The van der Waals surface area contributed by atoms with Gasteiger partial charge in [-0.2, -0.15) is 0 Å². The quantitative estimate of drug-likeness (QED) is 0.756. The van der Waals surface area contributed by atoms with Crippen LogP contribution in [0.4, 0.5) is 0 Å². The van der Waals surface area contributed by atoms with Crippen molar-refractivity contribution in [2.24, 2.45) is 0 Å². The number of carbonyl (C=O) groups excluding carboxylic acids is 1. The molecule has 1 N–H and O–H groups in total. The van der Waals surface area contributed by atoms with Crippen molar-refractivity contribution in [3.05, 3.63) is 54.4 Å². The molecule has 24 heavy (non-hydrogen) atoms. The summed E-state index contributed by atoms with van der Waals surface area (Å²) in [5.74, 6) is 0.00510. The van der Waals surface area contributed by atoms with Crippen molar-refractivity contribution >= 4 is 16.9 Å². The molecule has 0 saturated heterocycles. The van der Waals surface area contributed by atoms with Gasteiger partial charge in [-0.1, -0.05) is 23.4 Å². The van der Waals surface area contributed by atoms with E-state index in [0.717, 1.165) is 16.7 Å². The van der Waals surface area contributed by atoms with Gasteiger partial charge in [-0.3, -0.25) is 9.78 Å². The number of amides is 1. The zero-order chi connectivity index (χ0) is 16.9. The van der Waals surface area contributed by atoms with Gasteiger partial charge in [-0.05, 0) is 38.1 Å². The summed E-state index contributed by atoms with van der Waals surface area (Å²) in [5, 5.41) is 11.3. The summed E-state index contributed by atoms with van der Waals surface area (Å²) < 4.78 is 1.80. The molecule has 1 aromatic carbocycles. The smallest absolute Gasteiger partial charge is 0.222 e. The van der Waals surface area contributed by atoms with Gasteiger partial charge in [0.05, 0.1) is 11.6 Å². The summed E-state index contributed by atoms with van der Waals surface area (Å²) in [6.07, 6.45) is 2.84. The van der Waals surface area contributed by atoms with Gasteiger partial charge in [0.15, 0.2) is 0 Å². The lowest BCUT2D eigenvalue weighted by Gasteiger charge is -2.16. The van der Waals surface area contributed by atoms with Crippen LogP contribution in [0.5, 0.6) is 0 Å². The monoisotopic (exact) mass is 323 g/mol. The highest BCUT2D eigenvalue weighted by Gasteiger charge is 2.16. The molecule has 1 amide bonds. The SMILES string of the molecule is CC(Cc1ccccn1)NC(=O)CC(C)n1nnc2ccccc21. The van der Waals surface area contributed by atoms with Crippen molar-refractivity contribution in [3.63, 3.8) is 0 Å². The first-order valence-electron chi connectivity index (χ1n) is 8.12. The molecule has 0 radical (unpaired) electrons. The Balaban J connectivity index is 1.58. The van der Waals surface area contributed by atoms with E-state index in [1.807, 2.05) is 56.3 Å². The average Bonchev–Trinajstić information content (AvgIpc) is 2.99. The Hall–Kier alpha value is -2.76. The molecule has 124 valence electrons. The number of carbonyl (C=O) groups is 1. The molecular weight excluding hydrogens is 302 g/mol. The van der Waals surface area contributed by atoms with Crippen LogP contribution in [0.15, 0.2) is 48.7 Å². The van der Waals surface area contributed by atoms with Crippen molar-refractivity contribution in [1.82, 2.24) is 25.3 Å². The molecule has 6 nitrogen and oxygen atoms in total. The minimum Gasteiger partial charge on any atom is -0.353 e. The first kappa shape index (κ1) is 16.1. The van der Waals surface area contributed by atoms with Crippen LogP contribution in [0.25, 0.3) is 11.0 Å². The van der Waals surface area contributed by atoms with E-state index >= 15 is 0 Å². The Morgan fingerprint density at radius 3 is 2.75 bits per heavy atom. The van der Waals surface area contributed by atoms with Gasteiger partial charge in [0.2, 0.25) is 5.91 Å². The molecule has 0 saturated carbocycles. The molecule has 2 atom stereocenters. The molecule has 3 rings (SSSR count). The topological polar surface area (TPSA) is 72.7 Å². The van der Waals surface area contributed by atoms with E-state index in [-0.39, 0.29) is 18.0 Å². The largest absolute Gasteiger partial charge is 0.353 e. The normalized spacial score (nSPS) is 13.6. The van der Waals surface area contributed by atoms with Crippen LogP contribution >= 0.6 is 0 Å². The Bertz CT molecular complexity index is 814. The molecule has 0 aliphatic heterocycles. The number of rotatable bonds is 6. The first-order chi connectivity index (χ1) is 11.6. The van der Waals surface area contributed by atoms with Crippen molar-refractivity contribution in [3.8, 4) is 0 Å². The lowest BCUT2D eigenvalue weighted by Crippen LogP contribution is -2.35. The van der Waals surface area contributed by atoms with E-state index < -0.39 is 0 Å². The first-order valence-corrected chi connectivity index (χ1v) is 8.12. The van der Waals surface area contributed by atoms with Gasteiger partial charge in [-0.25, -0.2) is 4.68 Å². The maximum absolute atomic E-state index is 12.3. The van der Waals surface area contributed by atoms with Gasteiger partial charge in [0.1, 0.15) is 5.52 Å². The van der Waals surface area contributed by atoms with Crippen LogP contribution in [-0.2, 0) is 11.2 Å². The van der Waals surface area contributed by atoms with E-state index in [2.05, 4.69) is 20.6 Å². The lowest BCUT2D eigenvalue weighted by atomic mass is 10.1. The average molecular weight is 323 g/mol. The van der Waals surface area contributed by atoms with Crippen LogP contribution < -0.4 is 5.32 Å². The van der Waals surface area contributed by atoms with Gasteiger partial charge < -0.3 is 5.32 Å². The maximum atomic E-state index is 12.3. The summed E-state index contributed by atoms with van der Waals surface area (Å²) in [5.41, 5.74) is 2.76. The number of para-hydroxylation sites is 1. The molecule has 0 spiro atoms. The van der Waals surface area contributed by atoms with E-state index in [0.29, 0.717) is 12.8 Å². The van der Waals surface area contributed by atoms with E-state index in [1.54, 1.807) is 10.9 Å².